The van der Waals surface area contributed by atoms with Crippen molar-refractivity contribution in [2.24, 2.45) is 0 Å². The van der Waals surface area contributed by atoms with Gasteiger partial charge in [0.1, 0.15) is 5.82 Å². The average molecular weight is 267 g/mol. The van der Waals surface area contributed by atoms with Gasteiger partial charge in [0.25, 0.3) is 0 Å². The van der Waals surface area contributed by atoms with Gasteiger partial charge in [-0.1, -0.05) is 0 Å². The summed E-state index contributed by atoms with van der Waals surface area (Å²) in [7, 11) is 0. The van der Waals surface area contributed by atoms with E-state index >= 15 is 0 Å². The van der Waals surface area contributed by atoms with E-state index in [4.69, 9.17) is 0 Å². The minimum Gasteiger partial charge on any atom is -0.326 e. The Balaban J connectivity index is 1.81. The number of aryl methyl sites for hydroxylation is 1. The molecule has 5 nitrogen and oxygen atoms in total. The molecule has 0 unspecified atom stereocenters. The predicted molar refractivity (Wildman–Crippen MR) is 73.5 cm³/mol. The molecule has 1 aliphatic rings. The number of carbonyl (C=O) groups is 2. The van der Waals surface area contributed by atoms with Crippen molar-refractivity contribution in [3.05, 3.63) is 53.6 Å². The van der Waals surface area contributed by atoms with Crippen LogP contribution in [0.15, 0.2) is 36.7 Å². The maximum Gasteiger partial charge on any atom is 0.224 e. The third-order valence-electron chi connectivity index (χ3n) is 3.26. The summed E-state index contributed by atoms with van der Waals surface area (Å²) in [6.45, 7) is 0. The molecule has 0 aliphatic carbocycles. The Morgan fingerprint density at radius 1 is 1.20 bits per heavy atom. The molecule has 0 saturated carbocycles. The largest absolute Gasteiger partial charge is 0.326 e. The van der Waals surface area contributed by atoms with E-state index in [1.165, 1.54) is 0 Å². The minimum absolute atomic E-state index is 0.0177. The molecule has 0 fully saturated rings. The maximum absolute atomic E-state index is 12.2. The fraction of sp³-hybridized carbons (Fsp3) is 0.200. The van der Waals surface area contributed by atoms with Crippen molar-refractivity contribution in [1.82, 2.24) is 9.97 Å². The Kier molecular flexibility index (Phi) is 3.25. The van der Waals surface area contributed by atoms with Crippen molar-refractivity contribution in [2.75, 3.05) is 5.32 Å². The first-order chi connectivity index (χ1) is 9.72. The first-order valence-electron chi connectivity index (χ1n) is 6.44. The second kappa shape index (κ2) is 5.21. The Morgan fingerprint density at radius 2 is 2.00 bits per heavy atom. The molecule has 0 spiro atoms. The summed E-state index contributed by atoms with van der Waals surface area (Å²) >= 11 is 0. The maximum atomic E-state index is 12.2. The van der Waals surface area contributed by atoms with Crippen molar-refractivity contribution in [1.29, 1.82) is 0 Å². The number of Topliss-reactive ketones (excluding diaryl/α,β-unsaturated/α-hetero) is 1. The number of ketones is 1. The molecule has 1 amide bonds. The van der Waals surface area contributed by atoms with Crippen LogP contribution < -0.4 is 5.32 Å². The van der Waals surface area contributed by atoms with Crippen LogP contribution >= 0.6 is 0 Å². The highest BCUT2D eigenvalue weighted by Crippen LogP contribution is 2.24. The molecule has 2 heterocycles. The van der Waals surface area contributed by atoms with Crippen LogP contribution in [-0.2, 0) is 17.6 Å². The summed E-state index contributed by atoms with van der Waals surface area (Å²) in [6, 6.07) is 7.08. The molecule has 2 aromatic rings. The third kappa shape index (κ3) is 2.56. The highest BCUT2D eigenvalue weighted by Gasteiger charge is 2.17. The van der Waals surface area contributed by atoms with Gasteiger partial charge in [-0.2, -0.15) is 0 Å². The van der Waals surface area contributed by atoms with E-state index < -0.39 is 0 Å². The van der Waals surface area contributed by atoms with E-state index in [2.05, 4.69) is 15.3 Å². The molecule has 100 valence electrons. The molecule has 0 saturated heterocycles. The lowest BCUT2D eigenvalue weighted by Crippen LogP contribution is -2.19. The molecule has 5 heteroatoms. The van der Waals surface area contributed by atoms with Crippen molar-refractivity contribution < 1.29 is 9.59 Å². The molecule has 0 bridgehead atoms. The minimum atomic E-state index is -0.0177. The lowest BCUT2D eigenvalue weighted by molar-refractivity contribution is -0.116. The fourth-order valence-electron chi connectivity index (χ4n) is 2.22. The topological polar surface area (TPSA) is 72.0 Å². The third-order valence-corrected chi connectivity index (χ3v) is 3.26. The highest BCUT2D eigenvalue weighted by molar-refractivity contribution is 5.99. The summed E-state index contributed by atoms with van der Waals surface area (Å²) in [6.07, 6.45) is 4.57. The number of carbonyl (C=O) groups excluding carboxylic acids is 2. The van der Waals surface area contributed by atoms with Crippen molar-refractivity contribution >= 4 is 17.4 Å². The number of aromatic nitrogens is 2. The van der Waals surface area contributed by atoms with Gasteiger partial charge in [0.15, 0.2) is 5.78 Å². The quantitative estimate of drug-likeness (QED) is 0.860. The van der Waals surface area contributed by atoms with Gasteiger partial charge in [0.05, 0.1) is 6.42 Å². The van der Waals surface area contributed by atoms with E-state index in [0.717, 1.165) is 11.3 Å². The number of hydrogen-bond acceptors (Lipinski definition) is 4. The summed E-state index contributed by atoms with van der Waals surface area (Å²) < 4.78 is 0. The van der Waals surface area contributed by atoms with Gasteiger partial charge < -0.3 is 5.32 Å². The Hall–Kier alpha value is -2.56. The van der Waals surface area contributed by atoms with Crippen molar-refractivity contribution in [3.8, 4) is 0 Å². The zero-order valence-electron chi connectivity index (χ0n) is 10.8. The van der Waals surface area contributed by atoms with E-state index in [-0.39, 0.29) is 18.1 Å². The summed E-state index contributed by atoms with van der Waals surface area (Å²) in [4.78, 5) is 31.6. The van der Waals surface area contributed by atoms with Crippen LogP contribution in [0.3, 0.4) is 0 Å². The van der Waals surface area contributed by atoms with Gasteiger partial charge in [-0.3, -0.25) is 9.59 Å². The van der Waals surface area contributed by atoms with Crippen LogP contribution in [0.2, 0.25) is 0 Å². The van der Waals surface area contributed by atoms with Crippen LogP contribution in [0.25, 0.3) is 0 Å². The van der Waals surface area contributed by atoms with E-state index in [1.54, 1.807) is 30.6 Å². The second-order valence-electron chi connectivity index (χ2n) is 4.69. The van der Waals surface area contributed by atoms with Gasteiger partial charge >= 0.3 is 0 Å². The number of benzene rings is 1. The van der Waals surface area contributed by atoms with Gasteiger partial charge in [0.2, 0.25) is 5.91 Å². The summed E-state index contributed by atoms with van der Waals surface area (Å²) in [5, 5.41) is 2.80. The van der Waals surface area contributed by atoms with Crippen LogP contribution in [0, 0.1) is 0 Å². The average Bonchev–Trinajstić information content (AvgIpc) is 2.47. The van der Waals surface area contributed by atoms with E-state index in [9.17, 15) is 9.59 Å². The highest BCUT2D eigenvalue weighted by atomic mass is 16.1. The number of fused-ring (bicyclic) bond motifs is 1. The molecule has 1 N–H and O–H groups in total. The number of hydrogen-bond donors (Lipinski definition) is 1. The standard InChI is InChI=1S/C15H13N3O2/c19-13(9-14-16-6-1-7-17-14)11-2-4-12-10(8-11)3-5-15(20)18-12/h1-2,4,6-8H,3,5,9H2,(H,18,20). The monoisotopic (exact) mass is 267 g/mol. The lowest BCUT2D eigenvalue weighted by Gasteiger charge is -2.17. The lowest BCUT2D eigenvalue weighted by atomic mass is 9.98. The number of amides is 1. The van der Waals surface area contributed by atoms with Crippen LogP contribution in [-0.4, -0.2) is 21.7 Å². The van der Waals surface area contributed by atoms with Gasteiger partial charge in [-0.25, -0.2) is 9.97 Å². The molecule has 1 aromatic carbocycles. The first kappa shape index (κ1) is 12.5. The Labute approximate surface area is 116 Å². The predicted octanol–water partition coefficient (Wildman–Crippen LogP) is 1.79. The molecule has 1 aliphatic heterocycles. The van der Waals surface area contributed by atoms with Gasteiger partial charge in [-0.05, 0) is 36.2 Å². The Bertz CT molecular complexity index is 668. The van der Waals surface area contributed by atoms with Crippen LogP contribution in [0.1, 0.15) is 28.2 Å². The number of nitrogens with one attached hydrogen (secondary N) is 1. The second-order valence-corrected chi connectivity index (χ2v) is 4.69. The first-order valence-corrected chi connectivity index (χ1v) is 6.44. The Morgan fingerprint density at radius 3 is 2.80 bits per heavy atom. The number of anilines is 1. The SMILES string of the molecule is O=C1CCc2cc(C(=O)Cc3ncccn3)ccc2N1. The molecular formula is C15H13N3O2. The van der Waals surface area contributed by atoms with Gasteiger partial charge in [-0.15, -0.1) is 0 Å². The molecule has 0 atom stereocenters. The molecule has 3 rings (SSSR count). The van der Waals surface area contributed by atoms with E-state index in [0.29, 0.717) is 24.2 Å². The zero-order chi connectivity index (χ0) is 13.9. The molecular weight excluding hydrogens is 254 g/mol. The zero-order valence-corrected chi connectivity index (χ0v) is 10.8. The molecule has 0 radical (unpaired) electrons. The van der Waals surface area contributed by atoms with E-state index in [1.807, 2.05) is 6.07 Å². The smallest absolute Gasteiger partial charge is 0.224 e. The number of rotatable bonds is 3. The van der Waals surface area contributed by atoms with Crippen molar-refractivity contribution in [3.63, 3.8) is 0 Å². The van der Waals surface area contributed by atoms with Crippen LogP contribution in [0.5, 0.6) is 0 Å². The molecule has 1 aromatic heterocycles. The van der Waals surface area contributed by atoms with Crippen molar-refractivity contribution in [2.45, 2.75) is 19.3 Å². The summed E-state index contributed by atoms with van der Waals surface area (Å²) in [5.74, 6) is 0.522. The van der Waals surface area contributed by atoms with Gasteiger partial charge in [0, 0.05) is 30.1 Å². The summed E-state index contributed by atoms with van der Waals surface area (Å²) in [5.41, 5.74) is 2.44. The number of nitrogens with zero attached hydrogens (tertiary/aromatic N) is 2. The van der Waals surface area contributed by atoms with Crippen LogP contribution in [0.4, 0.5) is 5.69 Å². The fourth-order valence-corrected chi connectivity index (χ4v) is 2.22. The normalized spacial score (nSPS) is 13.5. The molecule has 20 heavy (non-hydrogen) atoms.